The van der Waals surface area contributed by atoms with Crippen LogP contribution in [-0.4, -0.2) is 26.5 Å². The minimum atomic E-state index is -3.88. The van der Waals surface area contributed by atoms with Gasteiger partial charge in [-0.05, 0) is 36.4 Å². The lowest BCUT2D eigenvalue weighted by Crippen LogP contribution is -2.14. The van der Waals surface area contributed by atoms with Gasteiger partial charge in [0, 0.05) is 5.41 Å². The van der Waals surface area contributed by atoms with Gasteiger partial charge < -0.3 is 9.15 Å². The van der Waals surface area contributed by atoms with Crippen molar-refractivity contribution in [1.29, 1.82) is 0 Å². The van der Waals surface area contributed by atoms with Crippen LogP contribution in [0.5, 0.6) is 0 Å². The number of hydrogen-bond donors (Lipinski definition) is 1. The van der Waals surface area contributed by atoms with Crippen LogP contribution in [0.1, 0.15) is 37.0 Å². The first-order valence-electron chi connectivity index (χ1n) is 8.22. The number of carbonyl (C=O) groups is 1. The summed E-state index contributed by atoms with van der Waals surface area (Å²) in [5.74, 6) is -0.0333. The Morgan fingerprint density at radius 1 is 1.15 bits per heavy atom. The number of benzene rings is 2. The Kier molecular flexibility index (Phi) is 4.69. The highest BCUT2D eigenvalue weighted by Gasteiger charge is 2.22. The summed E-state index contributed by atoms with van der Waals surface area (Å²) >= 11 is 0. The van der Waals surface area contributed by atoms with E-state index in [1.54, 1.807) is 18.2 Å². The van der Waals surface area contributed by atoms with Crippen molar-refractivity contribution in [1.82, 2.24) is 4.98 Å². The van der Waals surface area contributed by atoms with Gasteiger partial charge in [0.15, 0.2) is 5.58 Å². The number of nitrogens with one attached hydrogen (secondary N) is 1. The molecule has 0 aliphatic carbocycles. The highest BCUT2D eigenvalue weighted by Crippen LogP contribution is 2.28. The molecule has 0 atom stereocenters. The third-order valence-corrected chi connectivity index (χ3v) is 5.23. The Bertz CT molecular complexity index is 1110. The van der Waals surface area contributed by atoms with Gasteiger partial charge in [-0.3, -0.25) is 4.72 Å². The van der Waals surface area contributed by atoms with Crippen LogP contribution in [0.2, 0.25) is 0 Å². The van der Waals surface area contributed by atoms with E-state index in [1.165, 1.54) is 31.4 Å². The lowest BCUT2D eigenvalue weighted by atomic mass is 9.97. The number of oxazole rings is 1. The van der Waals surface area contributed by atoms with Gasteiger partial charge in [-0.25, -0.2) is 18.2 Å². The maximum atomic E-state index is 12.7. The molecule has 0 fully saturated rings. The molecular weight excluding hydrogens is 368 g/mol. The summed E-state index contributed by atoms with van der Waals surface area (Å²) in [6.45, 7) is 5.95. The SMILES string of the molecule is COC(=O)c1cccc(S(=O)(=O)Nc2ccc3oc(C(C)(C)C)nc3c2)c1. The van der Waals surface area contributed by atoms with Gasteiger partial charge in [0.1, 0.15) is 5.52 Å². The van der Waals surface area contributed by atoms with Gasteiger partial charge >= 0.3 is 5.97 Å². The molecule has 27 heavy (non-hydrogen) atoms. The molecule has 1 N–H and O–H groups in total. The second kappa shape index (κ2) is 6.70. The Labute approximate surface area is 157 Å². The number of aromatic nitrogens is 1. The standard InChI is InChI=1S/C19H20N2O5S/c1-19(2,3)18-20-15-11-13(8-9-16(15)26-18)21-27(23,24)14-7-5-6-12(10-14)17(22)25-4/h5-11,21H,1-4H3. The van der Waals surface area contributed by atoms with Gasteiger partial charge in [0.05, 0.1) is 23.3 Å². The minimum Gasteiger partial charge on any atom is -0.465 e. The fourth-order valence-electron chi connectivity index (χ4n) is 2.43. The first-order valence-corrected chi connectivity index (χ1v) is 9.71. The fraction of sp³-hybridized carbons (Fsp3) is 0.263. The number of esters is 1. The molecule has 8 heteroatoms. The lowest BCUT2D eigenvalue weighted by molar-refractivity contribution is 0.0600. The van der Waals surface area contributed by atoms with E-state index in [2.05, 4.69) is 14.4 Å². The molecule has 0 aliphatic rings. The van der Waals surface area contributed by atoms with Crippen LogP contribution < -0.4 is 4.72 Å². The van der Waals surface area contributed by atoms with Crippen LogP contribution in [0, 0.1) is 0 Å². The summed E-state index contributed by atoms with van der Waals surface area (Å²) in [5.41, 5.74) is 1.38. The Hall–Kier alpha value is -2.87. The number of rotatable bonds is 4. The number of ether oxygens (including phenoxy) is 1. The molecule has 0 saturated heterocycles. The van der Waals surface area contributed by atoms with Gasteiger partial charge in [-0.2, -0.15) is 0 Å². The zero-order valence-electron chi connectivity index (χ0n) is 15.4. The van der Waals surface area contributed by atoms with Crippen molar-refractivity contribution in [3.63, 3.8) is 0 Å². The zero-order valence-corrected chi connectivity index (χ0v) is 16.3. The molecule has 3 aromatic rings. The highest BCUT2D eigenvalue weighted by atomic mass is 32.2. The van der Waals surface area contributed by atoms with E-state index >= 15 is 0 Å². The second-order valence-electron chi connectivity index (χ2n) is 7.08. The third kappa shape index (κ3) is 3.95. The van der Waals surface area contributed by atoms with Gasteiger partial charge in [-0.15, -0.1) is 0 Å². The molecule has 0 bridgehead atoms. The van der Waals surface area contributed by atoms with E-state index in [-0.39, 0.29) is 15.9 Å². The smallest absolute Gasteiger partial charge is 0.337 e. The van der Waals surface area contributed by atoms with Crippen molar-refractivity contribution in [2.24, 2.45) is 0 Å². The monoisotopic (exact) mass is 388 g/mol. The van der Waals surface area contributed by atoms with Crippen LogP contribution in [0.15, 0.2) is 51.8 Å². The first-order chi connectivity index (χ1) is 12.6. The van der Waals surface area contributed by atoms with E-state index in [0.29, 0.717) is 22.7 Å². The zero-order chi connectivity index (χ0) is 19.8. The molecule has 0 spiro atoms. The van der Waals surface area contributed by atoms with Crippen molar-refractivity contribution < 1.29 is 22.4 Å². The predicted octanol–water partition coefficient (Wildman–Crippen LogP) is 3.71. The largest absolute Gasteiger partial charge is 0.465 e. The average Bonchev–Trinajstić information content (AvgIpc) is 3.04. The maximum Gasteiger partial charge on any atom is 0.337 e. The second-order valence-corrected chi connectivity index (χ2v) is 8.76. The van der Waals surface area contributed by atoms with Crippen LogP contribution in [0.4, 0.5) is 5.69 Å². The summed E-state index contributed by atoms with van der Waals surface area (Å²) in [7, 11) is -2.65. The Morgan fingerprint density at radius 2 is 1.89 bits per heavy atom. The maximum absolute atomic E-state index is 12.7. The molecule has 7 nitrogen and oxygen atoms in total. The quantitative estimate of drug-likeness (QED) is 0.684. The van der Waals surface area contributed by atoms with E-state index in [4.69, 9.17) is 4.42 Å². The molecule has 2 aromatic carbocycles. The summed E-state index contributed by atoms with van der Waals surface area (Å²) in [5, 5.41) is 0. The summed E-state index contributed by atoms with van der Waals surface area (Å²) in [6.07, 6.45) is 0. The van der Waals surface area contributed by atoms with Crippen molar-refractivity contribution in [3.05, 3.63) is 53.9 Å². The summed E-state index contributed by atoms with van der Waals surface area (Å²) in [4.78, 5) is 16.0. The lowest BCUT2D eigenvalue weighted by Gasteiger charge is -2.11. The first kappa shape index (κ1) is 18.9. The highest BCUT2D eigenvalue weighted by molar-refractivity contribution is 7.92. The van der Waals surface area contributed by atoms with E-state index in [0.717, 1.165) is 0 Å². The molecule has 0 aliphatic heterocycles. The van der Waals surface area contributed by atoms with Crippen molar-refractivity contribution in [2.45, 2.75) is 31.1 Å². The molecule has 0 saturated carbocycles. The molecule has 0 unspecified atom stereocenters. The van der Waals surface area contributed by atoms with Crippen LogP contribution in [0.3, 0.4) is 0 Å². The molecular formula is C19H20N2O5S. The minimum absolute atomic E-state index is 0.0407. The number of carbonyl (C=O) groups excluding carboxylic acids is 1. The number of sulfonamides is 1. The molecule has 0 radical (unpaired) electrons. The molecule has 0 amide bonds. The van der Waals surface area contributed by atoms with E-state index < -0.39 is 16.0 Å². The predicted molar refractivity (Wildman–Crippen MR) is 101 cm³/mol. The van der Waals surface area contributed by atoms with Crippen LogP contribution in [-0.2, 0) is 20.2 Å². The van der Waals surface area contributed by atoms with Crippen molar-refractivity contribution in [3.8, 4) is 0 Å². The van der Waals surface area contributed by atoms with Gasteiger partial charge in [0.2, 0.25) is 5.89 Å². The van der Waals surface area contributed by atoms with E-state index in [9.17, 15) is 13.2 Å². The topological polar surface area (TPSA) is 98.5 Å². The Balaban J connectivity index is 1.93. The Morgan fingerprint density at radius 3 is 2.56 bits per heavy atom. The summed E-state index contributed by atoms with van der Waals surface area (Å²) in [6, 6.07) is 10.5. The van der Waals surface area contributed by atoms with Gasteiger partial charge in [0.25, 0.3) is 10.0 Å². The van der Waals surface area contributed by atoms with Crippen molar-refractivity contribution >= 4 is 32.8 Å². The normalized spacial score (nSPS) is 12.1. The number of fused-ring (bicyclic) bond motifs is 1. The molecule has 142 valence electrons. The third-order valence-electron chi connectivity index (χ3n) is 3.85. The number of nitrogens with zero attached hydrogens (tertiary/aromatic N) is 1. The van der Waals surface area contributed by atoms with Crippen molar-refractivity contribution in [2.75, 3.05) is 11.8 Å². The van der Waals surface area contributed by atoms with Crippen LogP contribution in [0.25, 0.3) is 11.1 Å². The molecule has 1 aromatic heterocycles. The number of methoxy groups -OCH3 is 1. The number of hydrogen-bond acceptors (Lipinski definition) is 6. The van der Waals surface area contributed by atoms with Crippen LogP contribution >= 0.6 is 0 Å². The number of anilines is 1. The average molecular weight is 388 g/mol. The molecule has 1 heterocycles. The molecule has 3 rings (SSSR count). The van der Waals surface area contributed by atoms with E-state index in [1.807, 2.05) is 20.8 Å². The van der Waals surface area contributed by atoms with Gasteiger partial charge in [-0.1, -0.05) is 26.8 Å². The summed E-state index contributed by atoms with van der Waals surface area (Å²) < 4.78 is 38.2. The fourth-order valence-corrected chi connectivity index (χ4v) is 3.53.